The van der Waals surface area contributed by atoms with Crippen LogP contribution in [0.25, 0.3) is 31.7 Å². The van der Waals surface area contributed by atoms with Gasteiger partial charge in [-0.25, -0.2) is 0 Å². The Morgan fingerprint density at radius 2 is 1.61 bits per heavy atom. The third-order valence-corrected chi connectivity index (χ3v) is 6.25. The van der Waals surface area contributed by atoms with E-state index in [0.29, 0.717) is 0 Å². The van der Waals surface area contributed by atoms with Crippen molar-refractivity contribution in [2.24, 2.45) is 0 Å². The largest absolute Gasteiger partial charge is 0.455 e. The molecule has 0 amide bonds. The molecule has 0 spiro atoms. The predicted octanol–water partition coefficient (Wildman–Crippen LogP) is 6.86. The van der Waals surface area contributed by atoms with Crippen LogP contribution in [0.2, 0.25) is 0 Å². The summed E-state index contributed by atoms with van der Waals surface area (Å²) < 4.78 is 7.55. The Labute approximate surface area is 140 Å². The van der Waals surface area contributed by atoms with Gasteiger partial charge in [-0.3, -0.25) is 0 Å². The Balaban J connectivity index is 2.02. The Morgan fingerprint density at radius 1 is 0.826 bits per heavy atom. The smallest absolute Gasteiger partial charge is 0.145 e. The van der Waals surface area contributed by atoms with Crippen molar-refractivity contribution in [2.45, 2.75) is 34.6 Å². The van der Waals surface area contributed by atoms with E-state index in [9.17, 15) is 0 Å². The summed E-state index contributed by atoms with van der Waals surface area (Å²) in [6.07, 6.45) is 0. The van der Waals surface area contributed by atoms with Crippen LogP contribution in [0.1, 0.15) is 27.8 Å². The number of rotatable bonds is 1. The van der Waals surface area contributed by atoms with E-state index in [1.165, 1.54) is 48.2 Å². The van der Waals surface area contributed by atoms with Gasteiger partial charge in [0, 0.05) is 10.1 Å². The van der Waals surface area contributed by atoms with Gasteiger partial charge in [0.1, 0.15) is 11.3 Å². The lowest BCUT2D eigenvalue weighted by Crippen LogP contribution is -1.85. The molecular weight excluding hydrogens is 300 g/mol. The summed E-state index contributed by atoms with van der Waals surface area (Å²) in [5.74, 6) is 0.987. The van der Waals surface area contributed by atoms with E-state index < -0.39 is 0 Å². The zero-order chi connectivity index (χ0) is 16.3. The zero-order valence-electron chi connectivity index (χ0n) is 14.2. The van der Waals surface area contributed by atoms with Gasteiger partial charge >= 0.3 is 0 Å². The number of furan rings is 1. The second-order valence-corrected chi connectivity index (χ2v) is 7.57. The van der Waals surface area contributed by atoms with Crippen molar-refractivity contribution in [2.75, 3.05) is 0 Å². The highest BCUT2D eigenvalue weighted by Gasteiger charge is 2.18. The molecule has 0 saturated carbocycles. The molecule has 0 saturated heterocycles. The van der Waals surface area contributed by atoms with Crippen molar-refractivity contribution >= 4 is 32.4 Å². The predicted molar refractivity (Wildman–Crippen MR) is 101 cm³/mol. The first-order valence-corrected chi connectivity index (χ1v) is 8.78. The molecule has 116 valence electrons. The summed E-state index contributed by atoms with van der Waals surface area (Å²) in [5.41, 5.74) is 7.65. The van der Waals surface area contributed by atoms with Gasteiger partial charge < -0.3 is 4.42 Å². The van der Waals surface area contributed by atoms with Gasteiger partial charge in [-0.1, -0.05) is 18.2 Å². The van der Waals surface area contributed by atoms with Crippen LogP contribution in [-0.2, 0) is 0 Å². The minimum atomic E-state index is 0.974. The maximum atomic E-state index is 6.17. The van der Waals surface area contributed by atoms with Crippen LogP contribution in [-0.4, -0.2) is 0 Å². The van der Waals surface area contributed by atoms with Gasteiger partial charge in [0.2, 0.25) is 0 Å². The number of fused-ring (bicyclic) bond motifs is 2. The molecule has 2 heterocycles. The summed E-state index contributed by atoms with van der Waals surface area (Å²) in [6, 6.07) is 10.9. The van der Waals surface area contributed by atoms with Crippen molar-refractivity contribution in [1.82, 2.24) is 0 Å². The molecule has 0 radical (unpaired) electrons. The van der Waals surface area contributed by atoms with Crippen LogP contribution in [0, 0.1) is 34.6 Å². The highest BCUT2D eigenvalue weighted by Crippen LogP contribution is 2.43. The monoisotopic (exact) mass is 320 g/mol. The van der Waals surface area contributed by atoms with E-state index >= 15 is 0 Å². The molecule has 0 aliphatic carbocycles. The fourth-order valence-electron chi connectivity index (χ4n) is 3.42. The molecule has 0 aliphatic heterocycles. The van der Waals surface area contributed by atoms with Crippen molar-refractivity contribution in [3.63, 3.8) is 0 Å². The first kappa shape index (κ1) is 14.5. The SMILES string of the molecule is Cc1ccc2cc(-c3sc4c(C)cc(C)c(C)c4c3C)oc2c1. The molecule has 0 N–H and O–H groups in total. The van der Waals surface area contributed by atoms with E-state index in [1.54, 1.807) is 0 Å². The Hall–Kier alpha value is -2.06. The van der Waals surface area contributed by atoms with Gasteiger partial charge in [0.25, 0.3) is 0 Å². The maximum Gasteiger partial charge on any atom is 0.145 e. The molecule has 4 rings (SSSR count). The summed E-state index contributed by atoms with van der Waals surface area (Å²) in [7, 11) is 0. The van der Waals surface area contributed by atoms with E-state index in [2.05, 4.69) is 65.0 Å². The van der Waals surface area contributed by atoms with Crippen molar-refractivity contribution < 1.29 is 4.42 Å². The van der Waals surface area contributed by atoms with Crippen LogP contribution in [0.15, 0.2) is 34.7 Å². The highest BCUT2D eigenvalue weighted by molar-refractivity contribution is 7.22. The first-order valence-electron chi connectivity index (χ1n) is 7.96. The lowest BCUT2D eigenvalue weighted by Gasteiger charge is -2.05. The molecule has 0 unspecified atom stereocenters. The molecule has 0 bridgehead atoms. The van der Waals surface area contributed by atoms with Crippen LogP contribution < -0.4 is 0 Å². The van der Waals surface area contributed by atoms with Crippen LogP contribution in [0.4, 0.5) is 0 Å². The molecule has 23 heavy (non-hydrogen) atoms. The number of hydrogen-bond acceptors (Lipinski definition) is 2. The summed E-state index contributed by atoms with van der Waals surface area (Å²) >= 11 is 1.85. The highest BCUT2D eigenvalue weighted by atomic mass is 32.1. The third-order valence-electron chi connectivity index (χ3n) is 4.80. The van der Waals surface area contributed by atoms with Gasteiger partial charge in [0.05, 0.1) is 4.88 Å². The van der Waals surface area contributed by atoms with E-state index in [-0.39, 0.29) is 0 Å². The lowest BCUT2D eigenvalue weighted by atomic mass is 9.99. The fourth-order valence-corrected chi connectivity index (χ4v) is 4.71. The lowest BCUT2D eigenvalue weighted by molar-refractivity contribution is 0.632. The van der Waals surface area contributed by atoms with Crippen molar-refractivity contribution in [3.05, 3.63) is 58.1 Å². The average Bonchev–Trinajstić information content (AvgIpc) is 3.05. The summed E-state index contributed by atoms with van der Waals surface area (Å²) in [6.45, 7) is 10.9. The van der Waals surface area contributed by atoms with Crippen LogP contribution >= 0.6 is 11.3 Å². The fraction of sp³-hybridized carbons (Fsp3) is 0.238. The third kappa shape index (κ3) is 2.13. The quantitative estimate of drug-likeness (QED) is 0.373. The van der Waals surface area contributed by atoms with Gasteiger partial charge in [0.15, 0.2) is 0 Å². The molecular formula is C21H20OS. The standard InChI is InChI=1S/C21H20OS/c1-11-6-7-16-10-18(22-17(16)8-11)21-15(5)19-14(4)12(2)9-13(3)20(19)23-21/h6-10H,1-5H3. The number of benzene rings is 2. The minimum absolute atomic E-state index is 0.974. The van der Waals surface area contributed by atoms with E-state index in [1.807, 2.05) is 11.3 Å². The molecule has 0 aliphatic rings. The van der Waals surface area contributed by atoms with Gasteiger partial charge in [-0.05, 0) is 80.0 Å². The van der Waals surface area contributed by atoms with Crippen LogP contribution in [0.5, 0.6) is 0 Å². The van der Waals surface area contributed by atoms with Crippen LogP contribution in [0.3, 0.4) is 0 Å². The Morgan fingerprint density at radius 3 is 2.39 bits per heavy atom. The maximum absolute atomic E-state index is 6.17. The first-order chi connectivity index (χ1) is 11.0. The molecule has 2 heteroatoms. The number of aryl methyl sites for hydroxylation is 5. The minimum Gasteiger partial charge on any atom is -0.455 e. The Bertz CT molecular complexity index is 1060. The topological polar surface area (TPSA) is 13.1 Å². The molecule has 0 atom stereocenters. The average molecular weight is 320 g/mol. The summed E-state index contributed by atoms with van der Waals surface area (Å²) in [5, 5.41) is 2.58. The molecule has 2 aromatic carbocycles. The molecule has 0 fully saturated rings. The van der Waals surface area contributed by atoms with Crippen molar-refractivity contribution in [1.29, 1.82) is 0 Å². The van der Waals surface area contributed by atoms with E-state index in [0.717, 1.165) is 11.3 Å². The van der Waals surface area contributed by atoms with Crippen molar-refractivity contribution in [3.8, 4) is 10.6 Å². The second-order valence-electron chi connectivity index (χ2n) is 6.55. The second kappa shape index (κ2) is 4.97. The van der Waals surface area contributed by atoms with Gasteiger partial charge in [-0.2, -0.15) is 0 Å². The number of hydrogen-bond donors (Lipinski definition) is 0. The zero-order valence-corrected chi connectivity index (χ0v) is 15.0. The normalized spacial score (nSPS) is 11.7. The molecule has 1 nitrogen and oxygen atoms in total. The van der Waals surface area contributed by atoms with Gasteiger partial charge in [-0.15, -0.1) is 11.3 Å². The molecule has 2 aromatic heterocycles. The van der Waals surface area contributed by atoms with E-state index in [4.69, 9.17) is 4.42 Å². The molecule has 4 aromatic rings. The number of thiophene rings is 1. The summed E-state index contributed by atoms with van der Waals surface area (Å²) in [4.78, 5) is 1.26. The Kier molecular flexibility index (Phi) is 3.14.